The van der Waals surface area contributed by atoms with Gasteiger partial charge in [-0.25, -0.2) is 0 Å². The van der Waals surface area contributed by atoms with E-state index in [4.69, 9.17) is 4.43 Å². The fourth-order valence-electron chi connectivity index (χ4n) is 3.16. The highest BCUT2D eigenvalue weighted by Gasteiger charge is 2.44. The van der Waals surface area contributed by atoms with Crippen LogP contribution >= 0.6 is 0 Å². The lowest BCUT2D eigenvalue weighted by Gasteiger charge is -2.42. The van der Waals surface area contributed by atoms with Crippen LogP contribution in [-0.2, 0) is 4.43 Å². The van der Waals surface area contributed by atoms with Crippen molar-refractivity contribution in [1.82, 2.24) is 0 Å². The molecule has 0 bridgehead atoms. The first-order valence-corrected chi connectivity index (χ1v) is 9.19. The number of allylic oxidation sites excluding steroid dienone is 1. The second-order valence-electron chi connectivity index (χ2n) is 6.13. The van der Waals surface area contributed by atoms with E-state index in [1.807, 2.05) is 0 Å². The third-order valence-electron chi connectivity index (χ3n) is 3.82. The van der Waals surface area contributed by atoms with Crippen molar-refractivity contribution in [3.05, 3.63) is 12.2 Å². The van der Waals surface area contributed by atoms with Crippen LogP contribution in [0, 0.1) is 5.92 Å². The molecule has 0 unspecified atom stereocenters. The summed E-state index contributed by atoms with van der Waals surface area (Å²) in [7, 11) is -1.65. The molecule has 0 spiro atoms. The zero-order valence-corrected chi connectivity index (χ0v) is 14.1. The average Bonchev–Trinajstić information content (AvgIpc) is 2.17. The van der Waals surface area contributed by atoms with Crippen LogP contribution in [0.1, 0.15) is 55.4 Å². The second-order valence-corrected chi connectivity index (χ2v) is 11.6. The predicted molar refractivity (Wildman–Crippen MR) is 81.0 cm³/mol. The Hall–Kier alpha value is -0.0831. The van der Waals surface area contributed by atoms with E-state index in [1.54, 1.807) is 0 Å². The van der Waals surface area contributed by atoms with Crippen LogP contribution < -0.4 is 0 Å². The molecule has 0 N–H and O–H groups in total. The minimum atomic E-state index is -1.65. The molecular weight excluding hydrogens is 224 g/mol. The van der Waals surface area contributed by atoms with Crippen molar-refractivity contribution in [3.8, 4) is 0 Å². The number of hydrogen-bond donors (Lipinski definition) is 0. The van der Waals surface area contributed by atoms with E-state index in [2.05, 4.69) is 67.5 Å². The highest BCUT2D eigenvalue weighted by Crippen LogP contribution is 2.42. The highest BCUT2D eigenvalue weighted by molar-refractivity contribution is 6.77. The van der Waals surface area contributed by atoms with Gasteiger partial charge in [0, 0.05) is 6.61 Å². The Balaban J connectivity index is 4.81. The Kier molecular flexibility index (Phi) is 7.34. The monoisotopic (exact) mass is 256 g/mol. The van der Waals surface area contributed by atoms with E-state index in [9.17, 15) is 0 Å². The summed E-state index contributed by atoms with van der Waals surface area (Å²) in [4.78, 5) is 0. The van der Waals surface area contributed by atoms with Crippen molar-refractivity contribution < 1.29 is 4.43 Å². The highest BCUT2D eigenvalue weighted by atomic mass is 28.4. The second kappa shape index (κ2) is 7.37. The van der Waals surface area contributed by atoms with Crippen molar-refractivity contribution in [1.29, 1.82) is 0 Å². The summed E-state index contributed by atoms with van der Waals surface area (Å²) in [6.07, 6.45) is 4.36. The van der Waals surface area contributed by atoms with Gasteiger partial charge in [0.2, 0.25) is 0 Å². The molecule has 0 amide bonds. The van der Waals surface area contributed by atoms with E-state index in [0.29, 0.717) is 22.5 Å². The molecule has 17 heavy (non-hydrogen) atoms. The van der Waals surface area contributed by atoms with E-state index in [0.717, 1.165) is 6.61 Å². The van der Waals surface area contributed by atoms with Gasteiger partial charge in [-0.05, 0) is 29.5 Å². The summed E-state index contributed by atoms with van der Waals surface area (Å²) in [6.45, 7) is 19.2. The molecule has 0 aliphatic rings. The zero-order valence-electron chi connectivity index (χ0n) is 13.1. The van der Waals surface area contributed by atoms with Crippen LogP contribution in [0.25, 0.3) is 0 Å². The maximum Gasteiger partial charge on any atom is 0.200 e. The third-order valence-corrected chi connectivity index (χ3v) is 9.91. The van der Waals surface area contributed by atoms with Gasteiger partial charge in [0.15, 0.2) is 8.32 Å². The summed E-state index contributed by atoms with van der Waals surface area (Å²) in [5.74, 6) is 0.531. The lowest BCUT2D eigenvalue weighted by atomic mass is 10.2. The normalized spacial score (nSPS) is 15.5. The Morgan fingerprint density at radius 1 is 0.882 bits per heavy atom. The first-order valence-electron chi connectivity index (χ1n) is 7.05. The zero-order chi connectivity index (χ0) is 13.6. The summed E-state index contributed by atoms with van der Waals surface area (Å²) < 4.78 is 6.52. The largest absolute Gasteiger partial charge is 0.415 e. The standard InChI is InChI=1S/C15H32OSi/c1-9-10-15(8)11-16-17(12(2)3,13(4)5)14(6)7/h9-10,12-15H,11H2,1-8H3/b10-9+/t15-/m1/s1. The van der Waals surface area contributed by atoms with Gasteiger partial charge in [0.1, 0.15) is 0 Å². The maximum atomic E-state index is 6.52. The molecule has 0 heterocycles. The van der Waals surface area contributed by atoms with E-state index in [1.165, 1.54) is 0 Å². The maximum absolute atomic E-state index is 6.52. The summed E-state index contributed by atoms with van der Waals surface area (Å²) in [5, 5.41) is 0. The molecule has 1 atom stereocenters. The number of rotatable bonds is 7. The predicted octanol–water partition coefficient (Wildman–Crippen LogP) is 5.39. The van der Waals surface area contributed by atoms with Crippen LogP contribution in [0.2, 0.25) is 16.6 Å². The molecule has 1 nitrogen and oxygen atoms in total. The molecule has 0 saturated carbocycles. The molecule has 0 radical (unpaired) electrons. The smallest absolute Gasteiger partial charge is 0.200 e. The lowest BCUT2D eigenvalue weighted by Crippen LogP contribution is -2.48. The summed E-state index contributed by atoms with van der Waals surface area (Å²) in [6, 6.07) is 0. The molecule has 0 aromatic carbocycles. The van der Waals surface area contributed by atoms with Crippen LogP contribution in [-0.4, -0.2) is 14.9 Å². The summed E-state index contributed by atoms with van der Waals surface area (Å²) in [5.41, 5.74) is 2.04. The fraction of sp³-hybridized carbons (Fsp3) is 0.867. The van der Waals surface area contributed by atoms with Crippen molar-refractivity contribution in [2.75, 3.05) is 6.61 Å². The van der Waals surface area contributed by atoms with Crippen LogP contribution in [0.3, 0.4) is 0 Å². The van der Waals surface area contributed by atoms with E-state index >= 15 is 0 Å². The topological polar surface area (TPSA) is 9.23 Å². The molecule has 0 aliphatic carbocycles. The lowest BCUT2D eigenvalue weighted by molar-refractivity contribution is 0.250. The van der Waals surface area contributed by atoms with Gasteiger partial charge in [0.25, 0.3) is 0 Å². The molecule has 0 rings (SSSR count). The minimum Gasteiger partial charge on any atom is -0.415 e. The molecule has 0 fully saturated rings. The summed E-state index contributed by atoms with van der Waals surface area (Å²) >= 11 is 0. The molecular formula is C15H32OSi. The molecule has 0 aliphatic heterocycles. The first kappa shape index (κ1) is 16.9. The van der Waals surface area contributed by atoms with Crippen molar-refractivity contribution >= 4 is 8.32 Å². The fourth-order valence-corrected chi connectivity index (χ4v) is 8.71. The van der Waals surface area contributed by atoms with Gasteiger partial charge in [-0.2, -0.15) is 0 Å². The Bertz CT molecular complexity index is 209. The van der Waals surface area contributed by atoms with Gasteiger partial charge < -0.3 is 4.43 Å². The van der Waals surface area contributed by atoms with Gasteiger partial charge in [-0.15, -0.1) is 0 Å². The van der Waals surface area contributed by atoms with E-state index in [-0.39, 0.29) is 0 Å². The van der Waals surface area contributed by atoms with E-state index < -0.39 is 8.32 Å². The van der Waals surface area contributed by atoms with Crippen molar-refractivity contribution in [3.63, 3.8) is 0 Å². The minimum absolute atomic E-state index is 0.531. The van der Waals surface area contributed by atoms with Gasteiger partial charge in [-0.1, -0.05) is 60.6 Å². The molecule has 0 aromatic rings. The molecule has 0 aromatic heterocycles. The van der Waals surface area contributed by atoms with Crippen molar-refractivity contribution in [2.45, 2.75) is 72.0 Å². The average molecular weight is 257 g/mol. The third kappa shape index (κ3) is 4.25. The van der Waals surface area contributed by atoms with Crippen molar-refractivity contribution in [2.24, 2.45) is 5.92 Å². The van der Waals surface area contributed by atoms with Gasteiger partial charge in [0.05, 0.1) is 0 Å². The SMILES string of the molecule is C/C=C/[C@@H](C)CO[Si](C(C)C)(C(C)C)C(C)C. The Morgan fingerprint density at radius 3 is 1.59 bits per heavy atom. The molecule has 102 valence electrons. The van der Waals surface area contributed by atoms with Gasteiger partial charge >= 0.3 is 0 Å². The van der Waals surface area contributed by atoms with Gasteiger partial charge in [-0.3, -0.25) is 0 Å². The first-order chi connectivity index (χ1) is 7.78. The van der Waals surface area contributed by atoms with Crippen LogP contribution in [0.5, 0.6) is 0 Å². The molecule has 0 saturated heterocycles. The Labute approximate surface area is 110 Å². The van der Waals surface area contributed by atoms with Crippen LogP contribution in [0.4, 0.5) is 0 Å². The quantitative estimate of drug-likeness (QED) is 0.438. The molecule has 2 heteroatoms. The Morgan fingerprint density at radius 2 is 1.29 bits per heavy atom. The number of hydrogen-bond acceptors (Lipinski definition) is 1. The van der Waals surface area contributed by atoms with Crippen LogP contribution in [0.15, 0.2) is 12.2 Å².